The summed E-state index contributed by atoms with van der Waals surface area (Å²) in [7, 11) is -3.65. The van der Waals surface area contributed by atoms with Gasteiger partial charge in [0.25, 0.3) is 0 Å². The second-order valence-corrected chi connectivity index (χ2v) is 8.91. The van der Waals surface area contributed by atoms with Gasteiger partial charge in [-0.2, -0.15) is 0 Å². The zero-order valence-corrected chi connectivity index (χ0v) is 15.0. The predicted octanol–water partition coefficient (Wildman–Crippen LogP) is 2.06. The molecule has 1 atom stereocenters. The number of aromatic nitrogens is 2. The standard InChI is InChI=1S/C17H21N3O4S/c1-11(2)25(22,23)17-20-19-16(24-17)14(18-15(21)13-8-9-13)10-12-6-4-3-5-7-12/h3-7,11,13-14H,8-10H2,1-2H3,(H,18,21)/t14-/m0/s1. The Morgan fingerprint density at radius 3 is 2.52 bits per heavy atom. The molecule has 1 aliphatic carbocycles. The van der Waals surface area contributed by atoms with E-state index in [0.717, 1.165) is 18.4 Å². The average Bonchev–Trinajstić information content (AvgIpc) is 3.31. The molecule has 1 aliphatic rings. The molecule has 2 aromatic rings. The molecule has 25 heavy (non-hydrogen) atoms. The van der Waals surface area contributed by atoms with Crippen molar-refractivity contribution >= 4 is 15.7 Å². The number of sulfone groups is 1. The number of hydrogen-bond donors (Lipinski definition) is 1. The third kappa shape index (κ3) is 4.07. The maximum Gasteiger partial charge on any atom is 0.335 e. The third-order valence-electron chi connectivity index (χ3n) is 4.13. The van der Waals surface area contributed by atoms with E-state index in [9.17, 15) is 13.2 Å². The quantitative estimate of drug-likeness (QED) is 0.808. The van der Waals surface area contributed by atoms with Crippen LogP contribution in [0.25, 0.3) is 0 Å². The predicted molar refractivity (Wildman–Crippen MR) is 90.4 cm³/mol. The summed E-state index contributed by atoms with van der Waals surface area (Å²) in [5, 5.41) is 9.41. The van der Waals surface area contributed by atoms with Crippen LogP contribution in [0.2, 0.25) is 0 Å². The smallest absolute Gasteiger partial charge is 0.335 e. The van der Waals surface area contributed by atoms with Crippen molar-refractivity contribution < 1.29 is 17.6 Å². The monoisotopic (exact) mass is 363 g/mol. The number of rotatable bonds is 7. The number of nitrogens with zero attached hydrogens (tertiary/aromatic N) is 2. The van der Waals surface area contributed by atoms with E-state index in [1.807, 2.05) is 30.3 Å². The van der Waals surface area contributed by atoms with Gasteiger partial charge in [-0.15, -0.1) is 5.10 Å². The van der Waals surface area contributed by atoms with Crippen LogP contribution in [-0.2, 0) is 21.1 Å². The van der Waals surface area contributed by atoms with Crippen LogP contribution in [0.3, 0.4) is 0 Å². The zero-order chi connectivity index (χ0) is 18.0. The number of hydrogen-bond acceptors (Lipinski definition) is 6. The van der Waals surface area contributed by atoms with E-state index >= 15 is 0 Å². The molecule has 0 aliphatic heterocycles. The van der Waals surface area contributed by atoms with E-state index in [0.29, 0.717) is 6.42 Å². The van der Waals surface area contributed by atoms with Gasteiger partial charge < -0.3 is 9.73 Å². The minimum Gasteiger partial charge on any atom is -0.410 e. The molecular weight excluding hydrogens is 342 g/mol. The summed E-state index contributed by atoms with van der Waals surface area (Å²) in [6, 6.07) is 9.01. The Kier molecular flexibility index (Phi) is 4.89. The number of carbonyl (C=O) groups is 1. The molecule has 1 fully saturated rings. The maximum atomic E-state index is 12.2. The Bertz CT molecular complexity index is 842. The van der Waals surface area contributed by atoms with Crippen LogP contribution in [-0.4, -0.2) is 29.8 Å². The molecular formula is C17H21N3O4S. The lowest BCUT2D eigenvalue weighted by Crippen LogP contribution is -2.31. The summed E-state index contributed by atoms with van der Waals surface area (Å²) in [6.45, 7) is 3.10. The highest BCUT2D eigenvalue weighted by molar-refractivity contribution is 7.91. The summed E-state index contributed by atoms with van der Waals surface area (Å²) in [5.41, 5.74) is 0.982. The van der Waals surface area contributed by atoms with Gasteiger partial charge >= 0.3 is 5.22 Å². The fourth-order valence-corrected chi connectivity index (χ4v) is 3.12. The maximum absolute atomic E-state index is 12.2. The molecule has 3 rings (SSSR count). The zero-order valence-electron chi connectivity index (χ0n) is 14.2. The van der Waals surface area contributed by atoms with E-state index in [4.69, 9.17) is 4.42 Å². The van der Waals surface area contributed by atoms with Crippen molar-refractivity contribution in [3.8, 4) is 0 Å². The van der Waals surface area contributed by atoms with E-state index < -0.39 is 26.4 Å². The molecule has 0 spiro atoms. The van der Waals surface area contributed by atoms with Gasteiger partial charge in [-0.3, -0.25) is 4.79 Å². The van der Waals surface area contributed by atoms with Crippen molar-refractivity contribution in [3.05, 3.63) is 41.8 Å². The molecule has 7 nitrogen and oxygen atoms in total. The lowest BCUT2D eigenvalue weighted by molar-refractivity contribution is -0.123. The largest absolute Gasteiger partial charge is 0.410 e. The lowest BCUT2D eigenvalue weighted by Gasteiger charge is -2.15. The third-order valence-corrected chi connectivity index (χ3v) is 6.02. The van der Waals surface area contributed by atoms with Gasteiger partial charge in [0, 0.05) is 12.3 Å². The van der Waals surface area contributed by atoms with Crippen LogP contribution in [0, 0.1) is 5.92 Å². The van der Waals surface area contributed by atoms with E-state index in [1.165, 1.54) is 0 Å². The molecule has 8 heteroatoms. The Balaban J connectivity index is 1.86. The van der Waals surface area contributed by atoms with Crippen LogP contribution in [0.1, 0.15) is 44.2 Å². The van der Waals surface area contributed by atoms with Crippen molar-refractivity contribution in [1.29, 1.82) is 0 Å². The highest BCUT2D eigenvalue weighted by Crippen LogP contribution is 2.30. The number of nitrogens with one attached hydrogen (secondary N) is 1. The summed E-state index contributed by atoms with van der Waals surface area (Å²) in [6.07, 6.45) is 2.20. The lowest BCUT2D eigenvalue weighted by atomic mass is 10.1. The fourth-order valence-electron chi connectivity index (χ4n) is 2.36. The van der Waals surface area contributed by atoms with E-state index in [2.05, 4.69) is 15.5 Å². The van der Waals surface area contributed by atoms with Crippen LogP contribution < -0.4 is 5.32 Å². The summed E-state index contributed by atoms with van der Waals surface area (Å²) in [4.78, 5) is 12.2. The van der Waals surface area contributed by atoms with Crippen LogP contribution in [0.4, 0.5) is 0 Å². The van der Waals surface area contributed by atoms with Crippen molar-refractivity contribution in [2.45, 2.75) is 49.6 Å². The van der Waals surface area contributed by atoms with Gasteiger partial charge in [0.1, 0.15) is 6.04 Å². The number of carbonyl (C=O) groups excluding carboxylic acids is 1. The van der Waals surface area contributed by atoms with Gasteiger partial charge in [-0.1, -0.05) is 35.4 Å². The molecule has 1 heterocycles. The molecule has 0 radical (unpaired) electrons. The minimum atomic E-state index is -3.65. The molecule has 1 aromatic heterocycles. The molecule has 1 saturated carbocycles. The molecule has 0 unspecified atom stereocenters. The molecule has 1 N–H and O–H groups in total. The van der Waals surface area contributed by atoms with Gasteiger partial charge in [-0.25, -0.2) is 8.42 Å². The second-order valence-electron chi connectivity index (χ2n) is 6.53. The van der Waals surface area contributed by atoms with Gasteiger partial charge in [0.15, 0.2) is 0 Å². The van der Waals surface area contributed by atoms with Crippen molar-refractivity contribution in [2.24, 2.45) is 5.92 Å². The Hall–Kier alpha value is -2.22. The number of benzene rings is 1. The summed E-state index contributed by atoms with van der Waals surface area (Å²) >= 11 is 0. The highest BCUT2D eigenvalue weighted by atomic mass is 32.2. The number of amides is 1. The second kappa shape index (κ2) is 6.95. The van der Waals surface area contributed by atoms with E-state index in [-0.39, 0.29) is 17.7 Å². The molecule has 134 valence electrons. The van der Waals surface area contributed by atoms with E-state index in [1.54, 1.807) is 13.8 Å². The Labute approximate surface area is 146 Å². The fraction of sp³-hybridized carbons (Fsp3) is 0.471. The van der Waals surface area contributed by atoms with Gasteiger partial charge in [0.2, 0.25) is 21.6 Å². The van der Waals surface area contributed by atoms with Crippen LogP contribution >= 0.6 is 0 Å². The molecule has 1 aromatic carbocycles. The SMILES string of the molecule is CC(C)S(=O)(=O)c1nnc([C@H](Cc2ccccc2)NC(=O)C2CC2)o1. The topological polar surface area (TPSA) is 102 Å². The normalized spacial score (nSPS) is 16.0. The average molecular weight is 363 g/mol. The first-order valence-electron chi connectivity index (χ1n) is 8.29. The molecule has 0 bridgehead atoms. The van der Waals surface area contributed by atoms with Crippen molar-refractivity contribution in [2.75, 3.05) is 0 Å². The first-order valence-corrected chi connectivity index (χ1v) is 9.84. The van der Waals surface area contributed by atoms with Crippen molar-refractivity contribution in [3.63, 3.8) is 0 Å². The highest BCUT2D eigenvalue weighted by Gasteiger charge is 2.34. The van der Waals surface area contributed by atoms with Crippen LogP contribution in [0.15, 0.2) is 40.0 Å². The Morgan fingerprint density at radius 2 is 1.92 bits per heavy atom. The summed E-state index contributed by atoms with van der Waals surface area (Å²) < 4.78 is 29.8. The van der Waals surface area contributed by atoms with Crippen LogP contribution in [0.5, 0.6) is 0 Å². The molecule has 1 amide bonds. The van der Waals surface area contributed by atoms with Gasteiger partial charge in [0.05, 0.1) is 5.25 Å². The first kappa shape index (κ1) is 17.6. The van der Waals surface area contributed by atoms with Crippen molar-refractivity contribution in [1.82, 2.24) is 15.5 Å². The Morgan fingerprint density at radius 1 is 1.24 bits per heavy atom. The first-order chi connectivity index (χ1) is 11.9. The minimum absolute atomic E-state index is 0.0278. The van der Waals surface area contributed by atoms with Gasteiger partial charge in [-0.05, 0) is 32.3 Å². The molecule has 0 saturated heterocycles. The summed E-state index contributed by atoms with van der Waals surface area (Å²) in [5.74, 6) is 0.0736.